The largest absolute Gasteiger partial charge is 0.507 e. The predicted octanol–water partition coefficient (Wildman–Crippen LogP) is 2.67. The van der Waals surface area contributed by atoms with Gasteiger partial charge < -0.3 is 5.11 Å². The number of benzene rings is 1. The molecule has 0 spiro atoms. The lowest BCUT2D eigenvalue weighted by Gasteiger charge is -2.18. The fourth-order valence-electron chi connectivity index (χ4n) is 1.78. The SMILES string of the molecule is O=C1C(=O)c2ccccc2C(O)=C1CC(F)(F)F. The number of Topliss-reactive ketones (excluding diaryl/α,β-unsaturated/α-hetero) is 2. The lowest BCUT2D eigenvalue weighted by atomic mass is 9.87. The number of hydrogen-bond donors (Lipinski definition) is 1. The number of carbonyl (C=O) groups excluding carboxylic acids is 2. The quantitative estimate of drug-likeness (QED) is 0.786. The van der Waals surface area contributed by atoms with Crippen molar-refractivity contribution in [3.05, 3.63) is 41.0 Å². The third-order valence-corrected chi connectivity index (χ3v) is 2.57. The molecular formula is C12H7F3O3. The first kappa shape index (κ1) is 12.3. The molecule has 0 radical (unpaired) electrons. The fourth-order valence-corrected chi connectivity index (χ4v) is 1.78. The van der Waals surface area contributed by atoms with E-state index in [1.165, 1.54) is 24.3 Å². The highest BCUT2D eigenvalue weighted by Crippen LogP contribution is 2.34. The molecule has 1 aliphatic carbocycles. The minimum Gasteiger partial charge on any atom is -0.507 e. The van der Waals surface area contributed by atoms with E-state index in [0.29, 0.717) is 0 Å². The van der Waals surface area contributed by atoms with E-state index in [9.17, 15) is 27.9 Å². The van der Waals surface area contributed by atoms with E-state index in [4.69, 9.17) is 0 Å². The summed E-state index contributed by atoms with van der Waals surface area (Å²) in [4.78, 5) is 23.1. The molecule has 0 amide bonds. The number of fused-ring (bicyclic) bond motifs is 1. The number of aliphatic hydroxyl groups excluding tert-OH is 1. The Morgan fingerprint density at radius 1 is 1.00 bits per heavy atom. The molecular weight excluding hydrogens is 249 g/mol. The number of allylic oxidation sites excluding steroid dienone is 1. The van der Waals surface area contributed by atoms with Crippen molar-refractivity contribution in [1.82, 2.24) is 0 Å². The second-order valence-electron chi connectivity index (χ2n) is 3.82. The van der Waals surface area contributed by atoms with Crippen LogP contribution >= 0.6 is 0 Å². The monoisotopic (exact) mass is 256 g/mol. The minimum atomic E-state index is -4.66. The van der Waals surface area contributed by atoms with Crippen molar-refractivity contribution in [2.45, 2.75) is 12.6 Å². The maximum absolute atomic E-state index is 12.3. The molecule has 1 N–H and O–H groups in total. The number of halogens is 3. The first-order valence-corrected chi connectivity index (χ1v) is 4.98. The van der Waals surface area contributed by atoms with E-state index in [0.717, 1.165) is 0 Å². The van der Waals surface area contributed by atoms with Crippen LogP contribution in [0.4, 0.5) is 13.2 Å². The number of carbonyl (C=O) groups is 2. The van der Waals surface area contributed by atoms with Crippen molar-refractivity contribution in [2.24, 2.45) is 0 Å². The Balaban J connectivity index is 2.59. The maximum Gasteiger partial charge on any atom is 0.393 e. The molecule has 1 aromatic rings. The van der Waals surface area contributed by atoms with Crippen LogP contribution in [0.15, 0.2) is 29.8 Å². The normalized spacial score (nSPS) is 15.9. The van der Waals surface area contributed by atoms with Gasteiger partial charge in [-0.05, 0) is 0 Å². The van der Waals surface area contributed by atoms with E-state index in [2.05, 4.69) is 0 Å². The molecule has 0 saturated heterocycles. The molecule has 0 saturated carbocycles. The molecule has 0 fully saturated rings. The van der Waals surface area contributed by atoms with Crippen LogP contribution < -0.4 is 0 Å². The van der Waals surface area contributed by atoms with Gasteiger partial charge in [-0.25, -0.2) is 0 Å². The zero-order valence-electron chi connectivity index (χ0n) is 8.91. The van der Waals surface area contributed by atoms with Crippen molar-refractivity contribution in [1.29, 1.82) is 0 Å². The van der Waals surface area contributed by atoms with Crippen LogP contribution in [0, 0.1) is 0 Å². The van der Waals surface area contributed by atoms with Gasteiger partial charge in [-0.15, -0.1) is 0 Å². The standard InChI is InChI=1S/C12H7F3O3/c13-12(14,15)5-8-9(16)6-3-1-2-4-7(6)10(17)11(8)18/h1-4,16H,5H2. The summed E-state index contributed by atoms with van der Waals surface area (Å²) in [5, 5.41) is 9.68. The number of rotatable bonds is 1. The van der Waals surface area contributed by atoms with Crippen LogP contribution in [0.25, 0.3) is 5.76 Å². The van der Waals surface area contributed by atoms with Crippen molar-refractivity contribution in [2.75, 3.05) is 0 Å². The first-order valence-electron chi connectivity index (χ1n) is 4.98. The number of alkyl halides is 3. The lowest BCUT2D eigenvalue weighted by molar-refractivity contribution is -0.132. The molecule has 1 aromatic carbocycles. The molecule has 6 heteroatoms. The van der Waals surface area contributed by atoms with Crippen LogP contribution in [-0.2, 0) is 4.79 Å². The molecule has 0 atom stereocenters. The molecule has 94 valence electrons. The summed E-state index contributed by atoms with van der Waals surface area (Å²) < 4.78 is 36.8. The summed E-state index contributed by atoms with van der Waals surface area (Å²) in [6.45, 7) is 0. The Hall–Kier alpha value is -2.11. The molecule has 1 aliphatic rings. The van der Waals surface area contributed by atoms with Gasteiger partial charge in [0, 0.05) is 11.1 Å². The van der Waals surface area contributed by atoms with Crippen LogP contribution in [0.1, 0.15) is 22.3 Å². The van der Waals surface area contributed by atoms with Crippen molar-refractivity contribution < 1.29 is 27.9 Å². The predicted molar refractivity (Wildman–Crippen MR) is 56.0 cm³/mol. The molecule has 3 nitrogen and oxygen atoms in total. The van der Waals surface area contributed by atoms with E-state index < -0.39 is 35.5 Å². The zero-order chi connectivity index (χ0) is 13.5. The van der Waals surface area contributed by atoms with E-state index >= 15 is 0 Å². The number of ketones is 2. The maximum atomic E-state index is 12.3. The molecule has 0 bridgehead atoms. The zero-order valence-corrected chi connectivity index (χ0v) is 8.91. The van der Waals surface area contributed by atoms with Crippen molar-refractivity contribution in [3.8, 4) is 0 Å². The Labute approximate surface area is 99.5 Å². The van der Waals surface area contributed by atoms with Gasteiger partial charge in [0.1, 0.15) is 5.76 Å². The van der Waals surface area contributed by atoms with Crippen LogP contribution in [0.2, 0.25) is 0 Å². The summed E-state index contributed by atoms with van der Waals surface area (Å²) in [7, 11) is 0. The van der Waals surface area contributed by atoms with Crippen molar-refractivity contribution in [3.63, 3.8) is 0 Å². The first-order chi connectivity index (χ1) is 8.31. The topological polar surface area (TPSA) is 54.4 Å². The Kier molecular flexibility index (Phi) is 2.73. The van der Waals surface area contributed by atoms with E-state index in [1.807, 2.05) is 0 Å². The van der Waals surface area contributed by atoms with Gasteiger partial charge in [-0.3, -0.25) is 9.59 Å². The van der Waals surface area contributed by atoms with Crippen LogP contribution in [0.3, 0.4) is 0 Å². The van der Waals surface area contributed by atoms with Gasteiger partial charge in [0.25, 0.3) is 0 Å². The van der Waals surface area contributed by atoms with Gasteiger partial charge in [0.05, 0.1) is 12.0 Å². The average molecular weight is 256 g/mol. The number of aliphatic hydroxyl groups is 1. The molecule has 0 unspecified atom stereocenters. The van der Waals surface area contributed by atoms with E-state index in [1.54, 1.807) is 0 Å². The fraction of sp³-hybridized carbons (Fsp3) is 0.167. The van der Waals surface area contributed by atoms with Gasteiger partial charge >= 0.3 is 6.18 Å². The molecule has 2 rings (SSSR count). The Morgan fingerprint density at radius 3 is 2.11 bits per heavy atom. The van der Waals surface area contributed by atoms with Gasteiger partial charge in [0.15, 0.2) is 0 Å². The Bertz CT molecular complexity index is 570. The third-order valence-electron chi connectivity index (χ3n) is 2.57. The minimum absolute atomic E-state index is 0.0404. The molecule has 0 heterocycles. The summed E-state index contributed by atoms with van der Waals surface area (Å²) in [5.74, 6) is -3.10. The summed E-state index contributed by atoms with van der Waals surface area (Å²) in [6, 6.07) is 5.51. The highest BCUT2D eigenvalue weighted by Gasteiger charge is 2.39. The van der Waals surface area contributed by atoms with Crippen molar-refractivity contribution >= 4 is 17.3 Å². The van der Waals surface area contributed by atoms with Crippen LogP contribution in [-0.4, -0.2) is 22.8 Å². The van der Waals surface area contributed by atoms with Gasteiger partial charge in [0.2, 0.25) is 11.6 Å². The lowest BCUT2D eigenvalue weighted by Crippen LogP contribution is -2.27. The smallest absolute Gasteiger partial charge is 0.393 e. The highest BCUT2D eigenvalue weighted by molar-refractivity contribution is 6.52. The molecule has 0 aromatic heterocycles. The summed E-state index contributed by atoms with van der Waals surface area (Å²) in [5.41, 5.74) is -1.02. The summed E-state index contributed by atoms with van der Waals surface area (Å²) in [6.07, 6.45) is -6.27. The second-order valence-corrected chi connectivity index (χ2v) is 3.82. The average Bonchev–Trinajstić information content (AvgIpc) is 2.31. The van der Waals surface area contributed by atoms with Gasteiger partial charge in [-0.2, -0.15) is 13.2 Å². The summed E-state index contributed by atoms with van der Waals surface area (Å²) >= 11 is 0. The highest BCUT2D eigenvalue weighted by atomic mass is 19.4. The second kappa shape index (κ2) is 3.97. The third kappa shape index (κ3) is 2.01. The van der Waals surface area contributed by atoms with Gasteiger partial charge in [-0.1, -0.05) is 24.3 Å². The Morgan fingerprint density at radius 2 is 1.56 bits per heavy atom. The van der Waals surface area contributed by atoms with E-state index in [-0.39, 0.29) is 11.1 Å². The molecule has 18 heavy (non-hydrogen) atoms. The number of hydrogen-bond acceptors (Lipinski definition) is 3. The molecule has 0 aliphatic heterocycles. The van der Waals surface area contributed by atoms with Crippen LogP contribution in [0.5, 0.6) is 0 Å².